The van der Waals surface area contributed by atoms with Crippen molar-refractivity contribution in [2.45, 2.75) is 11.8 Å². The molecule has 176 valence electrons. The number of carbonyl (C=O) groups is 1. The SMILES string of the molecule is Cc1c(NS(=O)(=O)c2ccc(C(=O)Nc3cccc(C#N)c3)cc2)c(=O)n(-c2ccccc2)n1C. The Hall–Kier alpha value is -4.62. The first-order valence-corrected chi connectivity index (χ1v) is 12.0. The van der Waals surface area contributed by atoms with Crippen molar-refractivity contribution in [2.75, 3.05) is 10.0 Å². The summed E-state index contributed by atoms with van der Waals surface area (Å²) in [6.45, 7) is 1.65. The first-order valence-electron chi connectivity index (χ1n) is 10.5. The molecule has 10 heteroatoms. The number of hydrogen-bond donors (Lipinski definition) is 2. The lowest BCUT2D eigenvalue weighted by molar-refractivity contribution is 0.102. The summed E-state index contributed by atoms with van der Waals surface area (Å²) in [6.07, 6.45) is 0. The number of rotatable bonds is 6. The van der Waals surface area contributed by atoms with Crippen molar-refractivity contribution in [3.8, 4) is 11.8 Å². The minimum atomic E-state index is -4.10. The number of nitrogens with zero attached hydrogens (tertiary/aromatic N) is 3. The van der Waals surface area contributed by atoms with E-state index in [1.54, 1.807) is 61.1 Å². The minimum Gasteiger partial charge on any atom is -0.322 e. The van der Waals surface area contributed by atoms with Crippen LogP contribution in [0.4, 0.5) is 11.4 Å². The summed E-state index contributed by atoms with van der Waals surface area (Å²) in [6, 6.07) is 22.6. The number of hydrogen-bond acceptors (Lipinski definition) is 5. The Labute approximate surface area is 201 Å². The predicted molar refractivity (Wildman–Crippen MR) is 132 cm³/mol. The van der Waals surface area contributed by atoms with Gasteiger partial charge in [0.05, 0.1) is 27.9 Å². The van der Waals surface area contributed by atoms with Gasteiger partial charge >= 0.3 is 0 Å². The lowest BCUT2D eigenvalue weighted by Gasteiger charge is -2.09. The second kappa shape index (κ2) is 9.32. The molecule has 1 amide bonds. The first-order chi connectivity index (χ1) is 16.7. The lowest BCUT2D eigenvalue weighted by Crippen LogP contribution is -2.23. The molecule has 35 heavy (non-hydrogen) atoms. The predicted octanol–water partition coefficient (Wildman–Crippen LogP) is 3.41. The van der Waals surface area contributed by atoms with Crippen LogP contribution in [0, 0.1) is 18.3 Å². The van der Waals surface area contributed by atoms with Crippen LogP contribution < -0.4 is 15.6 Å². The highest BCUT2D eigenvalue weighted by molar-refractivity contribution is 7.92. The average Bonchev–Trinajstić information content (AvgIpc) is 3.07. The summed E-state index contributed by atoms with van der Waals surface area (Å²) in [5.41, 5.74) is 1.56. The maximum atomic E-state index is 13.0. The third-order valence-corrected chi connectivity index (χ3v) is 6.83. The van der Waals surface area contributed by atoms with Crippen molar-refractivity contribution in [3.05, 3.63) is 106 Å². The number of benzene rings is 3. The number of nitriles is 1. The standard InChI is InChI=1S/C25H21N5O4S/c1-17-23(25(32)30(29(17)2)21-9-4-3-5-10-21)28-35(33,34)22-13-11-19(12-14-22)24(31)27-20-8-6-7-18(15-20)16-26/h3-15,28H,1-2H3,(H,27,31). The van der Waals surface area contributed by atoms with E-state index in [1.165, 1.54) is 35.0 Å². The molecule has 0 saturated carbocycles. The number of amides is 1. The van der Waals surface area contributed by atoms with Crippen LogP contribution >= 0.6 is 0 Å². The fourth-order valence-corrected chi connectivity index (χ4v) is 4.65. The zero-order chi connectivity index (χ0) is 25.2. The highest BCUT2D eigenvalue weighted by Gasteiger charge is 2.22. The van der Waals surface area contributed by atoms with Gasteiger partial charge in [-0.2, -0.15) is 5.26 Å². The smallest absolute Gasteiger partial charge is 0.296 e. The molecular formula is C25H21N5O4S. The summed E-state index contributed by atoms with van der Waals surface area (Å²) in [7, 11) is -2.43. The van der Waals surface area contributed by atoms with Crippen LogP contribution in [0.15, 0.2) is 88.6 Å². The molecule has 1 heterocycles. The molecule has 3 aromatic carbocycles. The van der Waals surface area contributed by atoms with E-state index in [-0.39, 0.29) is 16.1 Å². The van der Waals surface area contributed by atoms with E-state index < -0.39 is 21.5 Å². The van der Waals surface area contributed by atoms with Gasteiger partial charge in [0.2, 0.25) is 0 Å². The lowest BCUT2D eigenvalue weighted by atomic mass is 10.2. The molecule has 0 bridgehead atoms. The largest absolute Gasteiger partial charge is 0.322 e. The van der Waals surface area contributed by atoms with Crippen molar-refractivity contribution < 1.29 is 13.2 Å². The monoisotopic (exact) mass is 487 g/mol. The molecule has 0 unspecified atom stereocenters. The number of para-hydroxylation sites is 1. The normalized spacial score (nSPS) is 11.0. The van der Waals surface area contributed by atoms with Gasteiger partial charge in [-0.05, 0) is 61.5 Å². The van der Waals surface area contributed by atoms with Crippen molar-refractivity contribution in [1.29, 1.82) is 5.26 Å². The van der Waals surface area contributed by atoms with Crippen LogP contribution in [-0.2, 0) is 17.1 Å². The maximum Gasteiger partial charge on any atom is 0.296 e. The van der Waals surface area contributed by atoms with Crippen molar-refractivity contribution in [1.82, 2.24) is 9.36 Å². The fourth-order valence-electron chi connectivity index (χ4n) is 3.53. The van der Waals surface area contributed by atoms with Crippen LogP contribution in [-0.4, -0.2) is 23.7 Å². The number of aromatic nitrogens is 2. The zero-order valence-electron chi connectivity index (χ0n) is 18.9. The Morgan fingerprint density at radius 3 is 2.31 bits per heavy atom. The third-order valence-electron chi connectivity index (χ3n) is 5.47. The van der Waals surface area contributed by atoms with E-state index >= 15 is 0 Å². The van der Waals surface area contributed by atoms with Crippen molar-refractivity contribution in [3.63, 3.8) is 0 Å². The van der Waals surface area contributed by atoms with Gasteiger partial charge in [-0.3, -0.25) is 19.0 Å². The summed E-state index contributed by atoms with van der Waals surface area (Å²) in [5.74, 6) is -0.457. The molecule has 0 aliphatic heterocycles. The Morgan fingerprint density at radius 1 is 0.971 bits per heavy atom. The highest BCUT2D eigenvalue weighted by atomic mass is 32.2. The molecule has 0 atom stereocenters. The van der Waals surface area contributed by atoms with E-state index in [0.717, 1.165) is 0 Å². The van der Waals surface area contributed by atoms with Crippen LogP contribution in [0.1, 0.15) is 21.6 Å². The van der Waals surface area contributed by atoms with Gasteiger partial charge in [0.1, 0.15) is 5.69 Å². The van der Waals surface area contributed by atoms with Crippen LogP contribution in [0.5, 0.6) is 0 Å². The van der Waals surface area contributed by atoms with E-state index in [1.807, 2.05) is 12.1 Å². The average molecular weight is 488 g/mol. The molecule has 0 saturated heterocycles. The van der Waals surface area contributed by atoms with Crippen LogP contribution in [0.3, 0.4) is 0 Å². The molecule has 4 rings (SSSR count). The van der Waals surface area contributed by atoms with Gasteiger partial charge in [-0.15, -0.1) is 0 Å². The molecule has 0 aliphatic carbocycles. The van der Waals surface area contributed by atoms with Crippen LogP contribution in [0.25, 0.3) is 5.69 Å². The molecular weight excluding hydrogens is 466 g/mol. The molecule has 2 N–H and O–H groups in total. The van der Waals surface area contributed by atoms with E-state index in [9.17, 15) is 18.0 Å². The second-order valence-electron chi connectivity index (χ2n) is 7.71. The van der Waals surface area contributed by atoms with Gasteiger partial charge in [-0.1, -0.05) is 24.3 Å². The molecule has 9 nitrogen and oxygen atoms in total. The topological polar surface area (TPSA) is 126 Å². The maximum absolute atomic E-state index is 13.0. The number of sulfonamides is 1. The van der Waals surface area contributed by atoms with Crippen molar-refractivity contribution >= 4 is 27.3 Å². The van der Waals surface area contributed by atoms with E-state index in [2.05, 4.69) is 10.0 Å². The Bertz CT molecular complexity index is 1610. The van der Waals surface area contributed by atoms with Gasteiger partial charge in [0.25, 0.3) is 21.5 Å². The van der Waals surface area contributed by atoms with Gasteiger partial charge in [0.15, 0.2) is 0 Å². The quantitative estimate of drug-likeness (QED) is 0.431. The fraction of sp³-hybridized carbons (Fsp3) is 0.0800. The molecule has 0 radical (unpaired) electrons. The Balaban J connectivity index is 1.57. The summed E-state index contributed by atoms with van der Waals surface area (Å²) >= 11 is 0. The molecule has 0 aliphatic rings. The second-order valence-corrected chi connectivity index (χ2v) is 9.40. The highest BCUT2D eigenvalue weighted by Crippen LogP contribution is 2.20. The Morgan fingerprint density at radius 2 is 1.66 bits per heavy atom. The number of anilines is 2. The van der Waals surface area contributed by atoms with Gasteiger partial charge in [0, 0.05) is 18.3 Å². The van der Waals surface area contributed by atoms with E-state index in [4.69, 9.17) is 5.26 Å². The Kier molecular flexibility index (Phi) is 6.27. The number of carbonyl (C=O) groups excluding carboxylic acids is 1. The minimum absolute atomic E-state index is 0.0597. The first kappa shape index (κ1) is 23.5. The molecule has 4 aromatic rings. The zero-order valence-corrected chi connectivity index (χ0v) is 19.7. The summed E-state index contributed by atoms with van der Waals surface area (Å²) in [4.78, 5) is 25.4. The third kappa shape index (κ3) is 4.71. The summed E-state index contributed by atoms with van der Waals surface area (Å²) in [5, 5.41) is 11.7. The molecule has 0 spiro atoms. The van der Waals surface area contributed by atoms with Crippen molar-refractivity contribution in [2.24, 2.45) is 7.05 Å². The van der Waals surface area contributed by atoms with Gasteiger partial charge in [-0.25, -0.2) is 13.1 Å². The van der Waals surface area contributed by atoms with Gasteiger partial charge < -0.3 is 5.32 Å². The summed E-state index contributed by atoms with van der Waals surface area (Å²) < 4.78 is 31.4. The molecule has 0 fully saturated rings. The van der Waals surface area contributed by atoms with E-state index in [0.29, 0.717) is 22.6 Å². The molecule has 1 aromatic heterocycles. The van der Waals surface area contributed by atoms with Crippen LogP contribution in [0.2, 0.25) is 0 Å². The number of nitrogens with one attached hydrogen (secondary N) is 2.